The van der Waals surface area contributed by atoms with Crippen molar-refractivity contribution in [2.45, 2.75) is 17.4 Å². The zero-order chi connectivity index (χ0) is 22.2. The lowest BCUT2D eigenvalue weighted by atomic mass is 9.98. The van der Waals surface area contributed by atoms with Gasteiger partial charge in [0.25, 0.3) is 0 Å². The molecule has 160 valence electrons. The third-order valence-electron chi connectivity index (χ3n) is 4.47. The van der Waals surface area contributed by atoms with Crippen LogP contribution in [-0.2, 0) is 6.18 Å². The number of hydrogen-bond acceptors (Lipinski definition) is 5. The summed E-state index contributed by atoms with van der Waals surface area (Å²) in [6.07, 6.45) is -1.55. The third kappa shape index (κ3) is 4.58. The molecule has 0 saturated carbocycles. The van der Waals surface area contributed by atoms with Crippen molar-refractivity contribution in [3.8, 4) is 5.88 Å². The third-order valence-corrected chi connectivity index (χ3v) is 6.81. The smallest absolute Gasteiger partial charge is 0.417 e. The predicted octanol–water partition coefficient (Wildman–Crippen LogP) is 7.10. The molecular weight excluding hydrogens is 467 g/mol. The lowest BCUT2D eigenvalue weighted by Gasteiger charge is -2.13. The number of H-pyrrole nitrogens is 1. The molecule has 0 radical (unpaired) electrons. The number of alkyl halides is 3. The summed E-state index contributed by atoms with van der Waals surface area (Å²) in [4.78, 5) is 4.55. The molecule has 4 nitrogen and oxygen atoms in total. The Kier molecular flexibility index (Phi) is 6.00. The maximum Gasteiger partial charge on any atom is 0.417 e. The van der Waals surface area contributed by atoms with Gasteiger partial charge in [-0.1, -0.05) is 42.4 Å². The summed E-state index contributed by atoms with van der Waals surface area (Å²) >= 11 is 8.51. The van der Waals surface area contributed by atoms with E-state index in [2.05, 4.69) is 15.2 Å². The highest BCUT2D eigenvalue weighted by Crippen LogP contribution is 2.42. The van der Waals surface area contributed by atoms with E-state index in [9.17, 15) is 18.3 Å². The van der Waals surface area contributed by atoms with Crippen LogP contribution in [0.5, 0.6) is 5.88 Å². The predicted molar refractivity (Wildman–Crippen MR) is 120 cm³/mol. The van der Waals surface area contributed by atoms with Crippen LogP contribution < -0.4 is 0 Å². The summed E-state index contributed by atoms with van der Waals surface area (Å²) in [5, 5.41) is 18.1. The first-order valence-electron chi connectivity index (χ1n) is 9.11. The van der Waals surface area contributed by atoms with Crippen molar-refractivity contribution in [1.82, 2.24) is 15.2 Å². The number of rotatable bonds is 5. The van der Waals surface area contributed by atoms with Crippen LogP contribution in [0.1, 0.15) is 28.5 Å². The highest BCUT2D eigenvalue weighted by atomic mass is 35.5. The van der Waals surface area contributed by atoms with Crippen molar-refractivity contribution in [2.24, 2.45) is 0 Å². The highest BCUT2D eigenvalue weighted by molar-refractivity contribution is 8.01. The zero-order valence-electron chi connectivity index (χ0n) is 16.0. The van der Waals surface area contributed by atoms with E-state index in [0.717, 1.165) is 22.7 Å². The van der Waals surface area contributed by atoms with E-state index in [1.807, 2.05) is 6.92 Å². The fourth-order valence-corrected chi connectivity index (χ4v) is 5.24. The lowest BCUT2D eigenvalue weighted by Crippen LogP contribution is -2.07. The van der Waals surface area contributed by atoms with Crippen LogP contribution in [0.15, 0.2) is 46.9 Å². The Balaban J connectivity index is 1.95. The first-order chi connectivity index (χ1) is 14.8. The molecule has 0 aliphatic rings. The van der Waals surface area contributed by atoms with Gasteiger partial charge >= 0.3 is 6.18 Å². The van der Waals surface area contributed by atoms with Crippen LogP contribution in [-0.4, -0.2) is 26.0 Å². The van der Waals surface area contributed by atoms with Gasteiger partial charge in [-0.05, 0) is 47.2 Å². The van der Waals surface area contributed by atoms with E-state index in [0.29, 0.717) is 20.4 Å². The van der Waals surface area contributed by atoms with Crippen molar-refractivity contribution >= 4 is 57.3 Å². The second kappa shape index (κ2) is 8.57. The Morgan fingerprint density at radius 2 is 2.06 bits per heavy atom. The molecule has 2 N–H and O–H groups in total. The maximum absolute atomic E-state index is 13.7. The Morgan fingerprint density at radius 1 is 1.26 bits per heavy atom. The normalized spacial score (nSPS) is 12.6. The zero-order valence-corrected chi connectivity index (χ0v) is 18.4. The van der Waals surface area contributed by atoms with Gasteiger partial charge in [0.2, 0.25) is 5.88 Å². The number of thiazole rings is 1. The molecule has 0 spiro atoms. The van der Waals surface area contributed by atoms with E-state index in [1.54, 1.807) is 24.4 Å². The Hall–Kier alpha value is -2.49. The monoisotopic (exact) mass is 481 g/mol. The summed E-state index contributed by atoms with van der Waals surface area (Å²) in [7, 11) is 0. The molecule has 2 heterocycles. The second-order valence-electron chi connectivity index (χ2n) is 6.52. The molecule has 0 saturated heterocycles. The van der Waals surface area contributed by atoms with Crippen LogP contribution in [0.25, 0.3) is 22.6 Å². The number of benzene rings is 2. The van der Waals surface area contributed by atoms with E-state index in [1.165, 1.54) is 41.3 Å². The molecule has 0 fully saturated rings. The molecule has 2 aromatic heterocycles. The molecule has 0 unspecified atom stereocenters. The largest absolute Gasteiger partial charge is 0.492 e. The van der Waals surface area contributed by atoms with Gasteiger partial charge in [-0.2, -0.15) is 23.3 Å². The Bertz CT molecular complexity index is 1280. The summed E-state index contributed by atoms with van der Waals surface area (Å²) < 4.78 is 41.7. The molecule has 0 aliphatic carbocycles. The Morgan fingerprint density at radius 3 is 2.81 bits per heavy atom. The van der Waals surface area contributed by atoms with E-state index in [-0.39, 0.29) is 16.5 Å². The van der Waals surface area contributed by atoms with E-state index < -0.39 is 11.7 Å². The SMILES string of the molecule is CCSc1nc(O)c(C(=Cc2ccc(Cl)cc2C(F)(F)F)c2ccc3[nH]ncc3c2)s1. The molecule has 2 aromatic carbocycles. The molecule has 10 heteroatoms. The van der Waals surface area contributed by atoms with Gasteiger partial charge in [0, 0.05) is 16.0 Å². The lowest BCUT2D eigenvalue weighted by molar-refractivity contribution is -0.137. The fourth-order valence-electron chi connectivity index (χ4n) is 3.10. The van der Waals surface area contributed by atoms with Gasteiger partial charge in [-0.3, -0.25) is 5.10 Å². The first-order valence-corrected chi connectivity index (χ1v) is 11.3. The topological polar surface area (TPSA) is 61.8 Å². The summed E-state index contributed by atoms with van der Waals surface area (Å²) in [6.45, 7) is 1.95. The molecule has 4 rings (SSSR count). The first kappa shape index (κ1) is 21.7. The van der Waals surface area contributed by atoms with Gasteiger partial charge in [-0.25, -0.2) is 0 Å². The number of fused-ring (bicyclic) bond motifs is 1. The number of aromatic amines is 1. The van der Waals surface area contributed by atoms with Crippen molar-refractivity contribution in [1.29, 1.82) is 0 Å². The minimum atomic E-state index is -4.59. The van der Waals surface area contributed by atoms with Crippen molar-refractivity contribution in [2.75, 3.05) is 5.75 Å². The second-order valence-corrected chi connectivity index (χ2v) is 9.47. The molecule has 31 heavy (non-hydrogen) atoms. The van der Waals surface area contributed by atoms with E-state index in [4.69, 9.17) is 11.6 Å². The van der Waals surface area contributed by atoms with Gasteiger partial charge in [0.05, 0.1) is 22.2 Å². The minimum Gasteiger partial charge on any atom is -0.492 e. The molecule has 0 aliphatic heterocycles. The van der Waals surface area contributed by atoms with Crippen LogP contribution >= 0.6 is 34.7 Å². The summed E-state index contributed by atoms with van der Waals surface area (Å²) in [6, 6.07) is 8.99. The molecule has 0 bridgehead atoms. The fraction of sp³-hybridized carbons (Fsp3) is 0.143. The molecule has 0 atom stereocenters. The van der Waals surface area contributed by atoms with Crippen LogP contribution in [0.2, 0.25) is 5.02 Å². The summed E-state index contributed by atoms with van der Waals surface area (Å²) in [5.41, 5.74) is 0.935. The van der Waals surface area contributed by atoms with Crippen molar-refractivity contribution < 1.29 is 18.3 Å². The standard InChI is InChI=1S/C21H15ClF3N3OS2/c1-2-30-20-27-19(29)18(31-20)15(11-4-6-17-13(7-11)10-26-28-17)8-12-3-5-14(22)9-16(12)21(23,24)25/h3-10,29H,2H2,1H3,(H,26,28). The quantitative estimate of drug-likeness (QED) is 0.236. The van der Waals surface area contributed by atoms with Crippen LogP contribution in [0.4, 0.5) is 13.2 Å². The van der Waals surface area contributed by atoms with Crippen molar-refractivity contribution in [3.63, 3.8) is 0 Å². The number of aromatic hydroxyl groups is 1. The average Bonchev–Trinajstić information content (AvgIpc) is 3.32. The number of nitrogens with one attached hydrogen (secondary N) is 1. The van der Waals surface area contributed by atoms with Gasteiger partial charge in [-0.15, -0.1) is 11.3 Å². The van der Waals surface area contributed by atoms with Crippen molar-refractivity contribution in [3.05, 3.63) is 69.2 Å². The summed E-state index contributed by atoms with van der Waals surface area (Å²) in [5.74, 6) is 0.531. The van der Waals surface area contributed by atoms with Crippen LogP contribution in [0.3, 0.4) is 0 Å². The molecule has 0 amide bonds. The van der Waals surface area contributed by atoms with Gasteiger partial charge < -0.3 is 5.11 Å². The molecular formula is C21H15ClF3N3OS2. The Labute approximate surface area is 188 Å². The number of hydrogen-bond donors (Lipinski definition) is 2. The average molecular weight is 482 g/mol. The number of thioether (sulfide) groups is 1. The highest BCUT2D eigenvalue weighted by Gasteiger charge is 2.33. The van der Waals surface area contributed by atoms with Crippen LogP contribution in [0, 0.1) is 0 Å². The number of halogens is 4. The number of aromatic nitrogens is 3. The van der Waals surface area contributed by atoms with Gasteiger partial charge in [0.1, 0.15) is 0 Å². The van der Waals surface area contributed by atoms with Gasteiger partial charge in [0.15, 0.2) is 4.34 Å². The maximum atomic E-state index is 13.7. The number of nitrogens with zero attached hydrogens (tertiary/aromatic N) is 2. The van der Waals surface area contributed by atoms with E-state index >= 15 is 0 Å². The molecule has 4 aromatic rings. The minimum absolute atomic E-state index is 0.00638.